The number of likely N-dealkylation sites (tertiary alicyclic amines) is 1. The lowest BCUT2D eigenvalue weighted by molar-refractivity contribution is 0.312. The average Bonchev–Trinajstić information content (AvgIpc) is 2.75. The summed E-state index contributed by atoms with van der Waals surface area (Å²) in [4.78, 5) is 2.38. The zero-order valence-electron chi connectivity index (χ0n) is 12.6. The first kappa shape index (κ1) is 16.3. The van der Waals surface area contributed by atoms with Crippen LogP contribution in [0.3, 0.4) is 0 Å². The number of hydrogen-bond donors (Lipinski definition) is 1. The standard InChI is InChI=1S/C16H23BrN2O2/c1-4-5-21-16-13(17)6-12(7-15(16)20-3)9-19-8-11(2)14(18)10-19/h4,6-7,11,14H,1,5,8-10,18H2,2-3H3. The van der Waals surface area contributed by atoms with Crippen molar-refractivity contribution >= 4 is 15.9 Å². The van der Waals surface area contributed by atoms with Crippen LogP contribution in [0.25, 0.3) is 0 Å². The SMILES string of the molecule is C=CCOc1c(Br)cc(CN2CC(C)C(N)C2)cc1OC. The number of benzene rings is 1. The number of ether oxygens (including phenoxy) is 2. The van der Waals surface area contributed by atoms with Gasteiger partial charge in [0.1, 0.15) is 6.61 Å². The predicted molar refractivity (Wildman–Crippen MR) is 88.8 cm³/mol. The molecule has 1 aromatic rings. The first-order valence-corrected chi connectivity index (χ1v) is 7.92. The highest BCUT2D eigenvalue weighted by Crippen LogP contribution is 2.37. The minimum absolute atomic E-state index is 0.269. The average molecular weight is 355 g/mol. The van der Waals surface area contributed by atoms with Gasteiger partial charge in [0.05, 0.1) is 11.6 Å². The number of nitrogens with zero attached hydrogens (tertiary/aromatic N) is 1. The lowest BCUT2D eigenvalue weighted by Gasteiger charge is -2.18. The van der Waals surface area contributed by atoms with Gasteiger partial charge in [-0.15, -0.1) is 0 Å². The second kappa shape index (κ2) is 7.29. The third kappa shape index (κ3) is 3.99. The number of halogens is 1. The minimum atomic E-state index is 0.269. The van der Waals surface area contributed by atoms with Gasteiger partial charge in [-0.1, -0.05) is 19.6 Å². The van der Waals surface area contributed by atoms with E-state index in [2.05, 4.69) is 40.4 Å². The van der Waals surface area contributed by atoms with E-state index in [1.165, 1.54) is 5.56 Å². The van der Waals surface area contributed by atoms with E-state index in [9.17, 15) is 0 Å². The molecule has 1 aliphatic heterocycles. The Balaban J connectivity index is 2.14. The van der Waals surface area contributed by atoms with Crippen molar-refractivity contribution in [2.45, 2.75) is 19.5 Å². The summed E-state index contributed by atoms with van der Waals surface area (Å²) in [7, 11) is 1.65. The Morgan fingerprint density at radius 3 is 2.81 bits per heavy atom. The van der Waals surface area contributed by atoms with Crippen molar-refractivity contribution in [1.82, 2.24) is 4.90 Å². The van der Waals surface area contributed by atoms with E-state index >= 15 is 0 Å². The molecule has 1 heterocycles. The smallest absolute Gasteiger partial charge is 0.175 e. The predicted octanol–water partition coefficient (Wildman–Crippen LogP) is 2.80. The van der Waals surface area contributed by atoms with Gasteiger partial charge in [-0.05, 0) is 39.5 Å². The summed E-state index contributed by atoms with van der Waals surface area (Å²) < 4.78 is 12.0. The van der Waals surface area contributed by atoms with Crippen LogP contribution in [0.1, 0.15) is 12.5 Å². The van der Waals surface area contributed by atoms with Crippen LogP contribution < -0.4 is 15.2 Å². The topological polar surface area (TPSA) is 47.7 Å². The van der Waals surface area contributed by atoms with Crippen molar-refractivity contribution in [1.29, 1.82) is 0 Å². The summed E-state index contributed by atoms with van der Waals surface area (Å²) in [5.74, 6) is 2.00. The molecule has 0 radical (unpaired) electrons. The Kier molecular flexibility index (Phi) is 5.67. The Hall–Kier alpha value is -1.04. The molecule has 0 bridgehead atoms. The highest BCUT2D eigenvalue weighted by Gasteiger charge is 2.26. The molecule has 2 rings (SSSR count). The Morgan fingerprint density at radius 2 is 2.24 bits per heavy atom. The van der Waals surface area contributed by atoms with Crippen LogP contribution in [0, 0.1) is 5.92 Å². The van der Waals surface area contributed by atoms with Gasteiger partial charge in [-0.25, -0.2) is 0 Å². The van der Waals surface area contributed by atoms with Crippen molar-refractivity contribution < 1.29 is 9.47 Å². The van der Waals surface area contributed by atoms with Gasteiger partial charge in [0.15, 0.2) is 11.5 Å². The van der Waals surface area contributed by atoms with Crippen molar-refractivity contribution in [3.63, 3.8) is 0 Å². The van der Waals surface area contributed by atoms with E-state index in [0.717, 1.165) is 29.9 Å². The zero-order valence-corrected chi connectivity index (χ0v) is 14.2. The summed E-state index contributed by atoms with van der Waals surface area (Å²) >= 11 is 3.56. The molecule has 2 unspecified atom stereocenters. The second-order valence-corrected chi connectivity index (χ2v) is 6.40. The molecule has 0 spiro atoms. The van der Waals surface area contributed by atoms with Gasteiger partial charge in [0.2, 0.25) is 0 Å². The van der Waals surface area contributed by atoms with E-state index < -0.39 is 0 Å². The fourth-order valence-corrected chi connectivity index (χ4v) is 3.23. The summed E-state index contributed by atoms with van der Waals surface area (Å²) in [6, 6.07) is 4.37. The van der Waals surface area contributed by atoms with Gasteiger partial charge in [-0.3, -0.25) is 4.90 Å². The van der Waals surface area contributed by atoms with E-state index in [4.69, 9.17) is 15.2 Å². The highest BCUT2D eigenvalue weighted by molar-refractivity contribution is 9.10. The van der Waals surface area contributed by atoms with E-state index in [1.54, 1.807) is 13.2 Å². The van der Waals surface area contributed by atoms with Crippen LogP contribution >= 0.6 is 15.9 Å². The molecule has 4 nitrogen and oxygen atoms in total. The zero-order chi connectivity index (χ0) is 15.4. The quantitative estimate of drug-likeness (QED) is 0.798. The fourth-order valence-electron chi connectivity index (χ4n) is 2.63. The van der Waals surface area contributed by atoms with Crippen LogP contribution in [0.4, 0.5) is 0 Å². The number of nitrogens with two attached hydrogens (primary N) is 1. The largest absolute Gasteiger partial charge is 0.493 e. The van der Waals surface area contributed by atoms with Crippen molar-refractivity contribution in [2.24, 2.45) is 11.7 Å². The first-order valence-electron chi connectivity index (χ1n) is 7.13. The molecule has 0 amide bonds. The molecule has 1 aliphatic rings. The molecule has 2 atom stereocenters. The number of methoxy groups -OCH3 is 1. The maximum absolute atomic E-state index is 6.08. The van der Waals surface area contributed by atoms with Gasteiger partial charge in [0.25, 0.3) is 0 Å². The lowest BCUT2D eigenvalue weighted by Crippen LogP contribution is -2.28. The third-order valence-corrected chi connectivity index (χ3v) is 4.38. The highest BCUT2D eigenvalue weighted by atomic mass is 79.9. The van der Waals surface area contributed by atoms with Crippen LogP contribution in [0.2, 0.25) is 0 Å². The Labute approximate surface area is 135 Å². The first-order chi connectivity index (χ1) is 10.0. The molecule has 1 aromatic carbocycles. The molecule has 1 fully saturated rings. The molecule has 2 N–H and O–H groups in total. The van der Waals surface area contributed by atoms with Crippen LogP contribution in [0.5, 0.6) is 11.5 Å². The van der Waals surface area contributed by atoms with Gasteiger partial charge in [0, 0.05) is 25.7 Å². The van der Waals surface area contributed by atoms with Crippen LogP contribution in [-0.4, -0.2) is 37.7 Å². The van der Waals surface area contributed by atoms with E-state index in [1.807, 2.05) is 6.07 Å². The van der Waals surface area contributed by atoms with E-state index in [-0.39, 0.29) is 6.04 Å². The second-order valence-electron chi connectivity index (χ2n) is 5.54. The molecule has 0 saturated carbocycles. The van der Waals surface area contributed by atoms with Gasteiger partial charge >= 0.3 is 0 Å². The van der Waals surface area contributed by atoms with Crippen molar-refractivity contribution in [2.75, 3.05) is 26.8 Å². The van der Waals surface area contributed by atoms with Gasteiger partial charge < -0.3 is 15.2 Å². The molecule has 0 aromatic heterocycles. The fraction of sp³-hybridized carbons (Fsp3) is 0.500. The minimum Gasteiger partial charge on any atom is -0.493 e. The van der Waals surface area contributed by atoms with Crippen LogP contribution in [-0.2, 0) is 6.54 Å². The van der Waals surface area contributed by atoms with Gasteiger partial charge in [-0.2, -0.15) is 0 Å². The molecule has 116 valence electrons. The molecular weight excluding hydrogens is 332 g/mol. The maximum Gasteiger partial charge on any atom is 0.175 e. The normalized spacial score (nSPS) is 22.3. The summed E-state index contributed by atoms with van der Waals surface area (Å²) in [5.41, 5.74) is 7.27. The van der Waals surface area contributed by atoms with Crippen molar-refractivity contribution in [3.05, 3.63) is 34.8 Å². The molecule has 1 saturated heterocycles. The summed E-state index contributed by atoms with van der Waals surface area (Å²) in [6.45, 7) is 9.16. The van der Waals surface area contributed by atoms with Crippen molar-refractivity contribution in [3.8, 4) is 11.5 Å². The number of rotatable bonds is 6. The third-order valence-electron chi connectivity index (χ3n) is 3.79. The molecule has 21 heavy (non-hydrogen) atoms. The monoisotopic (exact) mass is 354 g/mol. The lowest BCUT2D eigenvalue weighted by atomic mass is 10.1. The summed E-state index contributed by atoms with van der Waals surface area (Å²) in [6.07, 6.45) is 1.72. The molecular formula is C16H23BrN2O2. The Bertz CT molecular complexity index is 497. The molecule has 0 aliphatic carbocycles. The molecule has 5 heteroatoms. The summed E-state index contributed by atoms with van der Waals surface area (Å²) in [5, 5.41) is 0. The van der Waals surface area contributed by atoms with E-state index in [0.29, 0.717) is 18.3 Å². The Morgan fingerprint density at radius 1 is 1.48 bits per heavy atom. The van der Waals surface area contributed by atoms with Crippen LogP contribution in [0.15, 0.2) is 29.3 Å². The maximum atomic E-state index is 6.08. The number of hydrogen-bond acceptors (Lipinski definition) is 4.